The smallest absolute Gasteiger partial charge is 0.241 e. The second kappa shape index (κ2) is 9.82. The van der Waals surface area contributed by atoms with E-state index in [0.29, 0.717) is 11.1 Å². The first-order valence-electron chi connectivity index (χ1n) is 13.9. The van der Waals surface area contributed by atoms with Gasteiger partial charge in [-0.05, 0) is 73.0 Å². The first kappa shape index (κ1) is 27.9. The van der Waals surface area contributed by atoms with Crippen LogP contribution in [0.25, 0.3) is 0 Å². The van der Waals surface area contributed by atoms with E-state index >= 15 is 0 Å². The number of nitrogens with zero attached hydrogens (tertiary/aromatic N) is 2. The number of thiophene rings is 1. The summed E-state index contributed by atoms with van der Waals surface area (Å²) in [6, 6.07) is 11.2. The fourth-order valence-corrected chi connectivity index (χ4v) is 8.62. The minimum Gasteiger partial charge on any atom is -0.505 e. The topological polar surface area (TPSA) is 95.0 Å². The van der Waals surface area contributed by atoms with Crippen LogP contribution >= 0.6 is 22.9 Å². The number of phenols is 1. The van der Waals surface area contributed by atoms with E-state index in [1.165, 1.54) is 40.5 Å². The number of phenolic OH excluding ortho intramolecular Hbond substituents is 1. The summed E-state index contributed by atoms with van der Waals surface area (Å²) < 4.78 is 28.8. The quantitative estimate of drug-likeness (QED) is 0.292. The predicted molar refractivity (Wildman–Crippen MR) is 154 cm³/mol. The molecule has 1 aromatic heterocycles. The number of amides is 4. The van der Waals surface area contributed by atoms with Crippen molar-refractivity contribution in [1.82, 2.24) is 4.90 Å². The number of allylic oxidation sites excluding steroid dienone is 2. The highest BCUT2D eigenvalue weighted by atomic mass is 35.5. The molecule has 0 radical (unpaired) electrons. The number of benzene rings is 2. The van der Waals surface area contributed by atoms with E-state index in [4.69, 9.17) is 11.6 Å². The largest absolute Gasteiger partial charge is 0.505 e. The van der Waals surface area contributed by atoms with Crippen molar-refractivity contribution in [3.05, 3.63) is 92.7 Å². The molecule has 7 nitrogen and oxygen atoms in total. The van der Waals surface area contributed by atoms with E-state index in [0.717, 1.165) is 21.9 Å². The van der Waals surface area contributed by atoms with Gasteiger partial charge < -0.3 is 5.11 Å². The van der Waals surface area contributed by atoms with Gasteiger partial charge in [0, 0.05) is 10.8 Å². The van der Waals surface area contributed by atoms with Crippen molar-refractivity contribution >= 4 is 52.3 Å². The number of fused-ring (bicyclic) bond motifs is 4. The van der Waals surface area contributed by atoms with Crippen LogP contribution in [-0.2, 0) is 25.7 Å². The number of carbonyl (C=O) groups is 4. The number of imide groups is 2. The van der Waals surface area contributed by atoms with Gasteiger partial charge >= 0.3 is 0 Å². The highest BCUT2D eigenvalue weighted by Gasteiger charge is 2.67. The molecule has 7 rings (SSSR count). The Bertz CT molecular complexity index is 1760. The summed E-state index contributed by atoms with van der Waals surface area (Å²) in [5.74, 6) is -7.50. The number of halogens is 3. The molecule has 6 atom stereocenters. The fraction of sp³-hybridized carbons (Fsp3) is 0.312. The molecule has 43 heavy (non-hydrogen) atoms. The molecule has 2 aromatic carbocycles. The van der Waals surface area contributed by atoms with Gasteiger partial charge in [-0.25, -0.2) is 13.7 Å². The number of rotatable bonds is 4. The molecule has 11 heteroatoms. The molecule has 3 heterocycles. The van der Waals surface area contributed by atoms with Gasteiger partial charge in [0.05, 0.1) is 40.4 Å². The third-order valence-electron chi connectivity index (χ3n) is 9.73. The first-order chi connectivity index (χ1) is 20.5. The van der Waals surface area contributed by atoms with Crippen molar-refractivity contribution in [1.29, 1.82) is 0 Å². The van der Waals surface area contributed by atoms with Gasteiger partial charge in [0.15, 0.2) is 11.6 Å². The van der Waals surface area contributed by atoms with Gasteiger partial charge in [0.2, 0.25) is 23.6 Å². The Labute approximate surface area is 254 Å². The summed E-state index contributed by atoms with van der Waals surface area (Å²) in [6.07, 6.45) is 2.26. The zero-order valence-electron chi connectivity index (χ0n) is 22.8. The standard InChI is InChI=1S/C32H25ClF2N2O5S/c1-32-21(29(40)37(31(32)42)16-5-8-23(34)22(33)12-16)13-20-18(27(32)15-4-9-25(38)24(35)11-15)6-7-19-26(20)30(41)36(28(19)39)14-17-3-2-10-43-17/h2-6,8-12,19-21,26-27,38H,7,13-14H2,1H3. The maximum absolute atomic E-state index is 14.8. The van der Waals surface area contributed by atoms with Crippen molar-refractivity contribution in [3.8, 4) is 5.75 Å². The number of anilines is 1. The molecule has 0 spiro atoms. The molecule has 3 fully saturated rings. The third kappa shape index (κ3) is 3.95. The van der Waals surface area contributed by atoms with Crippen molar-refractivity contribution in [3.63, 3.8) is 0 Å². The second-order valence-electron chi connectivity index (χ2n) is 11.8. The Balaban J connectivity index is 1.35. The normalized spacial score (nSPS) is 30.0. The molecule has 4 amide bonds. The van der Waals surface area contributed by atoms with E-state index in [-0.39, 0.29) is 41.9 Å². The maximum Gasteiger partial charge on any atom is 0.241 e. The lowest BCUT2D eigenvalue weighted by Gasteiger charge is -2.49. The van der Waals surface area contributed by atoms with Crippen molar-refractivity contribution < 1.29 is 33.1 Å². The lowest BCUT2D eigenvalue weighted by Crippen LogP contribution is -2.48. The first-order valence-corrected chi connectivity index (χ1v) is 15.2. The van der Waals surface area contributed by atoms with Crippen LogP contribution in [0.1, 0.15) is 36.1 Å². The van der Waals surface area contributed by atoms with Crippen LogP contribution in [-0.4, -0.2) is 33.6 Å². The Hall–Kier alpha value is -3.89. The van der Waals surface area contributed by atoms with Crippen molar-refractivity contribution in [2.45, 2.75) is 32.2 Å². The van der Waals surface area contributed by atoms with E-state index in [1.54, 1.807) is 6.92 Å². The summed E-state index contributed by atoms with van der Waals surface area (Å²) >= 11 is 7.46. The highest BCUT2D eigenvalue weighted by molar-refractivity contribution is 7.09. The number of aromatic hydroxyl groups is 1. The minimum atomic E-state index is -1.40. The average molecular weight is 623 g/mol. The average Bonchev–Trinajstić information content (AvgIpc) is 3.63. The van der Waals surface area contributed by atoms with Crippen LogP contribution in [0, 0.1) is 40.7 Å². The summed E-state index contributed by atoms with van der Waals surface area (Å²) in [5, 5.41) is 11.6. The van der Waals surface area contributed by atoms with Gasteiger partial charge in [-0.2, -0.15) is 0 Å². The molecule has 2 aliphatic heterocycles. The predicted octanol–water partition coefficient (Wildman–Crippen LogP) is 5.82. The Kier molecular flexibility index (Phi) is 6.37. The molecule has 2 aliphatic carbocycles. The molecule has 1 N–H and O–H groups in total. The van der Waals surface area contributed by atoms with E-state index < -0.39 is 64.2 Å². The number of likely N-dealkylation sites (tertiary alicyclic amines) is 1. The molecule has 3 aromatic rings. The minimum absolute atomic E-state index is 0.108. The summed E-state index contributed by atoms with van der Waals surface area (Å²) in [4.78, 5) is 59.0. The number of carbonyl (C=O) groups excluding carboxylic acids is 4. The third-order valence-corrected chi connectivity index (χ3v) is 10.9. The zero-order valence-corrected chi connectivity index (χ0v) is 24.4. The molecule has 6 unspecified atom stereocenters. The van der Waals surface area contributed by atoms with Crippen LogP contribution in [0.5, 0.6) is 5.75 Å². The second-order valence-corrected chi connectivity index (χ2v) is 13.3. The zero-order chi connectivity index (χ0) is 30.4. The van der Waals surface area contributed by atoms with Crippen molar-refractivity contribution in [2.24, 2.45) is 29.1 Å². The summed E-state index contributed by atoms with van der Waals surface area (Å²) in [5.41, 5.74) is -0.232. The number of hydrogen-bond donors (Lipinski definition) is 1. The molecule has 220 valence electrons. The Morgan fingerprint density at radius 2 is 1.79 bits per heavy atom. The lowest BCUT2D eigenvalue weighted by atomic mass is 9.51. The Morgan fingerprint density at radius 3 is 2.49 bits per heavy atom. The Morgan fingerprint density at radius 1 is 1.00 bits per heavy atom. The highest BCUT2D eigenvalue weighted by Crippen LogP contribution is 2.63. The van der Waals surface area contributed by atoms with Crippen molar-refractivity contribution in [2.75, 3.05) is 4.90 Å². The summed E-state index contributed by atoms with van der Waals surface area (Å²) in [6.45, 7) is 1.82. The molecule has 1 saturated carbocycles. The molecular formula is C32H25ClF2N2O5S. The van der Waals surface area contributed by atoms with Gasteiger partial charge in [0.25, 0.3) is 0 Å². The van der Waals surface area contributed by atoms with Crippen LogP contribution < -0.4 is 4.90 Å². The SMILES string of the molecule is CC12C(=O)N(c3ccc(F)c(Cl)c3)C(=O)C1CC1C(=CCC3C(=O)N(Cc4cccs4)C(=O)C31)C2c1ccc(O)c(F)c1. The molecule has 4 aliphatic rings. The van der Waals surface area contributed by atoms with Crippen LogP contribution in [0.15, 0.2) is 65.6 Å². The summed E-state index contributed by atoms with van der Waals surface area (Å²) in [7, 11) is 0. The molecular weight excluding hydrogens is 598 g/mol. The van der Waals surface area contributed by atoms with E-state index in [9.17, 15) is 33.1 Å². The maximum atomic E-state index is 14.8. The molecule has 0 bridgehead atoms. The van der Waals surface area contributed by atoms with Crippen LogP contribution in [0.3, 0.4) is 0 Å². The van der Waals surface area contributed by atoms with E-state index in [2.05, 4.69) is 0 Å². The van der Waals surface area contributed by atoms with Gasteiger partial charge in [-0.15, -0.1) is 11.3 Å². The lowest BCUT2D eigenvalue weighted by molar-refractivity contribution is -0.141. The van der Waals surface area contributed by atoms with Gasteiger partial charge in [-0.1, -0.05) is 35.4 Å². The van der Waals surface area contributed by atoms with Crippen LogP contribution in [0.4, 0.5) is 14.5 Å². The fourth-order valence-electron chi connectivity index (χ4n) is 7.75. The van der Waals surface area contributed by atoms with E-state index in [1.807, 2.05) is 23.6 Å². The number of hydrogen-bond acceptors (Lipinski definition) is 6. The van der Waals surface area contributed by atoms with Crippen LogP contribution in [0.2, 0.25) is 5.02 Å². The monoisotopic (exact) mass is 622 g/mol. The van der Waals surface area contributed by atoms with Gasteiger partial charge in [0.1, 0.15) is 5.82 Å². The molecule has 2 saturated heterocycles. The van der Waals surface area contributed by atoms with Gasteiger partial charge in [-0.3, -0.25) is 24.1 Å².